The molecule has 3 aliphatic rings. The number of benzene rings is 1. The molecule has 0 atom stereocenters. The summed E-state index contributed by atoms with van der Waals surface area (Å²) in [4.78, 5) is 49.7. The summed E-state index contributed by atoms with van der Waals surface area (Å²) < 4.78 is 0. The quantitative estimate of drug-likeness (QED) is 0.689. The molecule has 0 unspecified atom stereocenters. The molecule has 1 saturated heterocycles. The Morgan fingerprint density at radius 1 is 1.00 bits per heavy atom. The van der Waals surface area contributed by atoms with Gasteiger partial charge in [-0.15, -0.1) is 0 Å². The van der Waals surface area contributed by atoms with Gasteiger partial charge in [-0.05, 0) is 61.3 Å². The second-order valence-electron chi connectivity index (χ2n) is 8.95. The summed E-state index contributed by atoms with van der Waals surface area (Å²) in [6.07, 6.45) is 9.88. The number of nitrogens with one attached hydrogen (secondary N) is 2. The van der Waals surface area contributed by atoms with Gasteiger partial charge in [0.2, 0.25) is 5.91 Å². The van der Waals surface area contributed by atoms with Crippen LogP contribution in [0.1, 0.15) is 36.8 Å². The topological polar surface area (TPSA) is 108 Å². The van der Waals surface area contributed by atoms with E-state index < -0.39 is 11.8 Å². The zero-order valence-corrected chi connectivity index (χ0v) is 18.5. The SMILES string of the molecule is O=C(NCC1CCN(c2cnccn2)CC1)C(=O)Nc1cc2c3c(c1)CCC(=O)N3CCC2. The van der Waals surface area contributed by atoms with E-state index in [-0.39, 0.29) is 5.91 Å². The van der Waals surface area contributed by atoms with Crippen molar-refractivity contribution in [2.45, 2.75) is 38.5 Å². The maximum atomic E-state index is 12.5. The van der Waals surface area contributed by atoms with Gasteiger partial charge in [-0.2, -0.15) is 0 Å². The Kier molecular flexibility index (Phi) is 5.93. The molecule has 0 aliphatic carbocycles. The molecule has 0 radical (unpaired) electrons. The minimum absolute atomic E-state index is 0.169. The first kappa shape index (κ1) is 21.4. The van der Waals surface area contributed by atoms with Crippen LogP contribution in [0, 0.1) is 5.92 Å². The molecule has 9 nitrogen and oxygen atoms in total. The summed E-state index contributed by atoms with van der Waals surface area (Å²) in [5, 5.41) is 5.55. The third-order valence-electron chi connectivity index (χ3n) is 6.78. The monoisotopic (exact) mass is 448 g/mol. The van der Waals surface area contributed by atoms with E-state index in [1.165, 1.54) is 0 Å². The number of anilines is 3. The van der Waals surface area contributed by atoms with Crippen LogP contribution < -0.4 is 20.4 Å². The van der Waals surface area contributed by atoms with Gasteiger partial charge in [-0.25, -0.2) is 4.98 Å². The summed E-state index contributed by atoms with van der Waals surface area (Å²) in [5.74, 6) is 0.0951. The van der Waals surface area contributed by atoms with E-state index in [4.69, 9.17) is 0 Å². The third kappa shape index (κ3) is 4.53. The molecule has 1 fully saturated rings. The number of carbonyl (C=O) groups is 3. The predicted molar refractivity (Wildman–Crippen MR) is 124 cm³/mol. The van der Waals surface area contributed by atoms with Crippen LogP contribution in [0.15, 0.2) is 30.7 Å². The first-order valence-corrected chi connectivity index (χ1v) is 11.6. The number of nitrogens with zero attached hydrogens (tertiary/aromatic N) is 4. The first-order valence-electron chi connectivity index (χ1n) is 11.6. The van der Waals surface area contributed by atoms with Crippen LogP contribution in [0.4, 0.5) is 17.2 Å². The van der Waals surface area contributed by atoms with E-state index in [0.717, 1.165) is 67.9 Å². The number of amides is 3. The van der Waals surface area contributed by atoms with Crippen molar-refractivity contribution < 1.29 is 14.4 Å². The van der Waals surface area contributed by atoms with Crippen molar-refractivity contribution in [1.82, 2.24) is 15.3 Å². The maximum Gasteiger partial charge on any atom is 0.313 e. The molecule has 9 heteroatoms. The number of hydrogen-bond acceptors (Lipinski definition) is 6. The molecule has 4 heterocycles. The highest BCUT2D eigenvalue weighted by Crippen LogP contribution is 2.37. The Balaban J connectivity index is 1.14. The lowest BCUT2D eigenvalue weighted by molar-refractivity contribution is -0.136. The molecule has 33 heavy (non-hydrogen) atoms. The molecule has 3 aliphatic heterocycles. The summed E-state index contributed by atoms with van der Waals surface area (Å²) in [6, 6.07) is 3.80. The van der Waals surface area contributed by atoms with Crippen molar-refractivity contribution in [2.24, 2.45) is 5.92 Å². The smallest absolute Gasteiger partial charge is 0.313 e. The zero-order chi connectivity index (χ0) is 22.8. The molecule has 172 valence electrons. The van der Waals surface area contributed by atoms with E-state index in [9.17, 15) is 14.4 Å². The van der Waals surface area contributed by atoms with E-state index >= 15 is 0 Å². The Morgan fingerprint density at radius 3 is 2.55 bits per heavy atom. The lowest BCUT2D eigenvalue weighted by Gasteiger charge is -2.35. The molecule has 2 aromatic rings. The van der Waals surface area contributed by atoms with Gasteiger partial charge >= 0.3 is 11.8 Å². The average molecular weight is 449 g/mol. The molecule has 1 aromatic heterocycles. The molecular formula is C24H28N6O3. The number of piperidine rings is 1. The van der Waals surface area contributed by atoms with E-state index in [2.05, 4.69) is 25.5 Å². The number of rotatable bonds is 4. The minimum atomic E-state index is -0.654. The van der Waals surface area contributed by atoms with Crippen LogP contribution in [0.3, 0.4) is 0 Å². The fourth-order valence-corrected chi connectivity index (χ4v) is 5.05. The van der Waals surface area contributed by atoms with E-state index in [0.29, 0.717) is 31.0 Å². The Hall–Kier alpha value is -3.49. The highest BCUT2D eigenvalue weighted by atomic mass is 16.2. The largest absolute Gasteiger partial charge is 0.355 e. The van der Waals surface area contributed by atoms with Crippen LogP contribution in [-0.2, 0) is 27.2 Å². The lowest BCUT2D eigenvalue weighted by atomic mass is 9.91. The zero-order valence-electron chi connectivity index (χ0n) is 18.5. The van der Waals surface area contributed by atoms with Gasteiger partial charge in [-0.1, -0.05) is 0 Å². The second-order valence-corrected chi connectivity index (χ2v) is 8.95. The summed E-state index contributed by atoms with van der Waals surface area (Å²) in [6.45, 7) is 2.93. The molecule has 1 aromatic carbocycles. The first-order chi connectivity index (χ1) is 16.1. The van der Waals surface area contributed by atoms with Crippen LogP contribution in [0.5, 0.6) is 0 Å². The van der Waals surface area contributed by atoms with Gasteiger partial charge < -0.3 is 20.4 Å². The molecule has 0 bridgehead atoms. The van der Waals surface area contributed by atoms with E-state index in [1.54, 1.807) is 18.6 Å². The van der Waals surface area contributed by atoms with Crippen molar-refractivity contribution in [1.29, 1.82) is 0 Å². The summed E-state index contributed by atoms with van der Waals surface area (Å²) >= 11 is 0. The summed E-state index contributed by atoms with van der Waals surface area (Å²) in [5.41, 5.74) is 3.76. The molecule has 0 saturated carbocycles. The summed E-state index contributed by atoms with van der Waals surface area (Å²) in [7, 11) is 0. The number of aryl methyl sites for hydroxylation is 2. The highest BCUT2D eigenvalue weighted by Gasteiger charge is 2.30. The molecule has 2 N–H and O–H groups in total. The van der Waals surface area contributed by atoms with Gasteiger partial charge in [0, 0.05) is 50.7 Å². The normalized spacial score (nSPS) is 18.0. The Morgan fingerprint density at radius 2 is 1.79 bits per heavy atom. The highest BCUT2D eigenvalue weighted by molar-refractivity contribution is 6.39. The number of hydrogen-bond donors (Lipinski definition) is 2. The van der Waals surface area contributed by atoms with Gasteiger partial charge in [0.1, 0.15) is 5.82 Å². The van der Waals surface area contributed by atoms with Gasteiger partial charge in [0.25, 0.3) is 0 Å². The van der Waals surface area contributed by atoms with Crippen molar-refractivity contribution >= 4 is 34.9 Å². The van der Waals surface area contributed by atoms with Crippen molar-refractivity contribution in [2.75, 3.05) is 41.3 Å². The fourth-order valence-electron chi connectivity index (χ4n) is 5.05. The van der Waals surface area contributed by atoms with E-state index in [1.807, 2.05) is 17.0 Å². The molecule has 3 amide bonds. The van der Waals surface area contributed by atoms with Gasteiger partial charge in [-0.3, -0.25) is 19.4 Å². The average Bonchev–Trinajstić information content (AvgIpc) is 2.85. The van der Waals surface area contributed by atoms with Crippen LogP contribution in [0.2, 0.25) is 0 Å². The second kappa shape index (κ2) is 9.17. The minimum Gasteiger partial charge on any atom is -0.355 e. The van der Waals surface area contributed by atoms with Gasteiger partial charge in [0.15, 0.2) is 0 Å². The molecule has 0 spiro atoms. The third-order valence-corrected chi connectivity index (χ3v) is 6.78. The van der Waals surface area contributed by atoms with Crippen LogP contribution in [-0.4, -0.2) is 53.9 Å². The molecular weight excluding hydrogens is 420 g/mol. The van der Waals surface area contributed by atoms with Crippen molar-refractivity contribution in [3.63, 3.8) is 0 Å². The van der Waals surface area contributed by atoms with Crippen molar-refractivity contribution in [3.05, 3.63) is 41.9 Å². The maximum absolute atomic E-state index is 12.5. The van der Waals surface area contributed by atoms with Gasteiger partial charge in [0.05, 0.1) is 11.9 Å². The molecule has 5 rings (SSSR count). The Labute approximate surface area is 192 Å². The predicted octanol–water partition coefficient (Wildman–Crippen LogP) is 1.67. The number of carbonyl (C=O) groups excluding carboxylic acids is 3. The Bertz CT molecular complexity index is 1050. The van der Waals surface area contributed by atoms with Crippen LogP contribution in [0.25, 0.3) is 0 Å². The lowest BCUT2D eigenvalue weighted by Crippen LogP contribution is -2.42. The number of aromatic nitrogens is 2. The van der Waals surface area contributed by atoms with Crippen LogP contribution >= 0.6 is 0 Å². The fraction of sp³-hybridized carbons (Fsp3) is 0.458. The standard InChI is InChI=1S/C24H28N6O3/c31-21-4-3-18-13-19(12-17-2-1-9-30(21)22(17)18)28-24(33)23(32)27-14-16-5-10-29(11-6-16)20-15-25-7-8-26-20/h7-8,12-13,15-16H,1-6,9-11,14H2,(H,27,32)(H,28,33). The van der Waals surface area contributed by atoms with Crippen molar-refractivity contribution in [3.8, 4) is 0 Å².